The molecule has 0 aliphatic rings. The number of nitrogen functional groups attached to an aromatic ring is 1. The van der Waals surface area contributed by atoms with Gasteiger partial charge in [-0.15, -0.1) is 0 Å². The van der Waals surface area contributed by atoms with Crippen molar-refractivity contribution >= 4 is 28.3 Å². The van der Waals surface area contributed by atoms with Crippen LogP contribution in [0.5, 0.6) is 0 Å². The summed E-state index contributed by atoms with van der Waals surface area (Å²) in [6, 6.07) is 0.0508. The maximum Gasteiger partial charge on any atom is 0.258 e. The molecule has 0 saturated carbocycles. The van der Waals surface area contributed by atoms with Gasteiger partial charge < -0.3 is 21.5 Å². The van der Waals surface area contributed by atoms with Crippen molar-refractivity contribution in [2.24, 2.45) is 0 Å². The Labute approximate surface area is 117 Å². The second kappa shape index (κ2) is 7.30. The summed E-state index contributed by atoms with van der Waals surface area (Å²) in [4.78, 5) is 12.0. The maximum atomic E-state index is 12.0. The molecule has 1 heterocycles. The van der Waals surface area contributed by atoms with Gasteiger partial charge in [-0.2, -0.15) is 4.37 Å². The molecule has 1 rings (SSSR count). The smallest absolute Gasteiger partial charge is 0.258 e. The van der Waals surface area contributed by atoms with Crippen molar-refractivity contribution < 1.29 is 9.90 Å². The fourth-order valence-corrected chi connectivity index (χ4v) is 2.31. The number of nitrogens with two attached hydrogens (primary N) is 1. The highest BCUT2D eigenvalue weighted by molar-refractivity contribution is 7.11. The number of aliphatic hydroxyl groups is 1. The molecule has 0 fully saturated rings. The Kier molecular flexibility index (Phi) is 6.04. The Morgan fingerprint density at radius 2 is 2.16 bits per heavy atom. The van der Waals surface area contributed by atoms with Gasteiger partial charge in [0.05, 0.1) is 6.10 Å². The fraction of sp³-hybridized carbons (Fsp3) is 0.667. The highest BCUT2D eigenvalue weighted by Gasteiger charge is 2.19. The number of hydrogen-bond acceptors (Lipinski definition) is 6. The van der Waals surface area contributed by atoms with Crippen molar-refractivity contribution in [1.82, 2.24) is 9.69 Å². The SMILES string of the molecule is CC(O)CCCNc1snc(N)c1C(=O)NC(C)C. The number of nitrogens with zero attached hydrogens (tertiary/aromatic N) is 1. The fourth-order valence-electron chi connectivity index (χ4n) is 1.58. The number of carbonyl (C=O) groups is 1. The topological polar surface area (TPSA) is 100 Å². The molecular weight excluding hydrogens is 264 g/mol. The molecule has 19 heavy (non-hydrogen) atoms. The summed E-state index contributed by atoms with van der Waals surface area (Å²) in [5.74, 6) is 0.0421. The van der Waals surface area contributed by atoms with Gasteiger partial charge in [-0.05, 0) is 45.1 Å². The molecule has 1 unspecified atom stereocenters. The Hall–Kier alpha value is -1.34. The summed E-state index contributed by atoms with van der Waals surface area (Å²) >= 11 is 1.18. The number of nitrogens with one attached hydrogen (secondary N) is 2. The zero-order chi connectivity index (χ0) is 14.4. The molecule has 0 spiro atoms. The molecule has 1 aromatic rings. The van der Waals surface area contributed by atoms with Gasteiger partial charge in [0, 0.05) is 12.6 Å². The minimum atomic E-state index is -0.308. The number of amides is 1. The number of carbonyl (C=O) groups excluding carboxylic acids is 1. The van der Waals surface area contributed by atoms with Gasteiger partial charge in [-0.1, -0.05) is 0 Å². The van der Waals surface area contributed by atoms with Crippen LogP contribution in [0.15, 0.2) is 0 Å². The lowest BCUT2D eigenvalue weighted by Crippen LogP contribution is -2.30. The van der Waals surface area contributed by atoms with Crippen LogP contribution in [0, 0.1) is 0 Å². The lowest BCUT2D eigenvalue weighted by molar-refractivity contribution is 0.0945. The Morgan fingerprint density at radius 1 is 1.47 bits per heavy atom. The molecule has 108 valence electrons. The summed E-state index contributed by atoms with van der Waals surface area (Å²) < 4.78 is 4.01. The Balaban J connectivity index is 2.61. The largest absolute Gasteiger partial charge is 0.393 e. The summed E-state index contributed by atoms with van der Waals surface area (Å²) in [5.41, 5.74) is 6.14. The number of aromatic nitrogens is 1. The maximum absolute atomic E-state index is 12.0. The van der Waals surface area contributed by atoms with E-state index in [1.54, 1.807) is 6.92 Å². The first-order valence-electron chi connectivity index (χ1n) is 6.39. The zero-order valence-electron chi connectivity index (χ0n) is 11.6. The van der Waals surface area contributed by atoms with Gasteiger partial charge in [0.1, 0.15) is 10.6 Å². The first-order valence-corrected chi connectivity index (χ1v) is 7.17. The Morgan fingerprint density at radius 3 is 2.74 bits per heavy atom. The van der Waals surface area contributed by atoms with E-state index in [0.29, 0.717) is 17.1 Å². The van der Waals surface area contributed by atoms with E-state index in [1.165, 1.54) is 11.5 Å². The second-order valence-corrected chi connectivity index (χ2v) is 5.59. The van der Waals surface area contributed by atoms with Crippen LogP contribution >= 0.6 is 11.5 Å². The van der Waals surface area contributed by atoms with Crippen LogP contribution in [-0.4, -0.2) is 34.1 Å². The molecule has 0 radical (unpaired) electrons. The van der Waals surface area contributed by atoms with Gasteiger partial charge in [0.2, 0.25) is 0 Å². The van der Waals surface area contributed by atoms with Crippen molar-refractivity contribution in [3.63, 3.8) is 0 Å². The summed E-state index contributed by atoms with van der Waals surface area (Å²) in [6.45, 7) is 6.22. The first kappa shape index (κ1) is 15.7. The minimum Gasteiger partial charge on any atom is -0.393 e. The first-order chi connectivity index (χ1) is 8.91. The van der Waals surface area contributed by atoms with Crippen LogP contribution in [0.25, 0.3) is 0 Å². The monoisotopic (exact) mass is 286 g/mol. The normalized spacial score (nSPS) is 12.5. The number of aliphatic hydroxyl groups excluding tert-OH is 1. The van der Waals surface area contributed by atoms with Gasteiger partial charge in [-0.25, -0.2) is 0 Å². The molecule has 0 bridgehead atoms. The van der Waals surface area contributed by atoms with E-state index in [2.05, 4.69) is 15.0 Å². The average molecular weight is 286 g/mol. The van der Waals surface area contributed by atoms with E-state index in [1.807, 2.05) is 13.8 Å². The van der Waals surface area contributed by atoms with E-state index in [9.17, 15) is 9.90 Å². The number of rotatable bonds is 7. The molecule has 0 aliphatic carbocycles. The predicted octanol–water partition coefficient (Wildman–Crippen LogP) is 1.44. The molecule has 1 atom stereocenters. The Bertz CT molecular complexity index is 418. The molecule has 0 aliphatic heterocycles. The van der Waals surface area contributed by atoms with Crippen molar-refractivity contribution in [3.8, 4) is 0 Å². The van der Waals surface area contributed by atoms with Crippen molar-refractivity contribution in [2.75, 3.05) is 17.6 Å². The van der Waals surface area contributed by atoms with Crippen molar-refractivity contribution in [1.29, 1.82) is 0 Å². The standard InChI is InChI=1S/C12H22N4O2S/c1-7(2)15-11(18)9-10(13)16-19-12(9)14-6-4-5-8(3)17/h7-8,14,17H,4-6H2,1-3H3,(H2,13,16)(H,15,18). The third kappa shape index (κ3) is 5.04. The molecule has 6 nitrogen and oxygen atoms in total. The van der Waals surface area contributed by atoms with Crippen molar-refractivity contribution in [3.05, 3.63) is 5.56 Å². The quantitative estimate of drug-likeness (QED) is 0.568. The number of hydrogen-bond donors (Lipinski definition) is 4. The zero-order valence-corrected chi connectivity index (χ0v) is 12.4. The van der Waals surface area contributed by atoms with Gasteiger partial charge in [-0.3, -0.25) is 4.79 Å². The van der Waals surface area contributed by atoms with Gasteiger partial charge >= 0.3 is 0 Å². The summed E-state index contributed by atoms with van der Waals surface area (Å²) in [6.07, 6.45) is 1.23. The van der Waals surface area contributed by atoms with Gasteiger partial charge in [0.25, 0.3) is 5.91 Å². The van der Waals surface area contributed by atoms with Crippen LogP contribution in [0.4, 0.5) is 10.8 Å². The van der Waals surface area contributed by atoms with E-state index >= 15 is 0 Å². The molecule has 0 aromatic carbocycles. The highest BCUT2D eigenvalue weighted by atomic mass is 32.1. The molecule has 1 aromatic heterocycles. The highest BCUT2D eigenvalue weighted by Crippen LogP contribution is 2.26. The second-order valence-electron chi connectivity index (χ2n) is 4.82. The molecule has 7 heteroatoms. The van der Waals surface area contributed by atoms with Crippen LogP contribution in [-0.2, 0) is 0 Å². The lowest BCUT2D eigenvalue weighted by Gasteiger charge is -2.10. The van der Waals surface area contributed by atoms with Gasteiger partial charge in [0.15, 0.2) is 5.82 Å². The van der Waals surface area contributed by atoms with Crippen LogP contribution in [0.2, 0.25) is 0 Å². The molecule has 1 amide bonds. The third-order valence-electron chi connectivity index (χ3n) is 2.45. The van der Waals surface area contributed by atoms with Crippen LogP contribution < -0.4 is 16.4 Å². The van der Waals surface area contributed by atoms with E-state index in [4.69, 9.17) is 5.73 Å². The molecule has 0 saturated heterocycles. The van der Waals surface area contributed by atoms with Crippen LogP contribution in [0.1, 0.15) is 44.0 Å². The van der Waals surface area contributed by atoms with Crippen LogP contribution in [0.3, 0.4) is 0 Å². The minimum absolute atomic E-state index is 0.0508. The predicted molar refractivity (Wildman–Crippen MR) is 78.5 cm³/mol. The average Bonchev–Trinajstić information content (AvgIpc) is 2.65. The molecular formula is C12H22N4O2S. The van der Waals surface area contributed by atoms with Crippen molar-refractivity contribution in [2.45, 2.75) is 45.8 Å². The lowest BCUT2D eigenvalue weighted by atomic mass is 10.2. The molecule has 5 N–H and O–H groups in total. The van der Waals surface area contributed by atoms with E-state index < -0.39 is 0 Å². The van der Waals surface area contributed by atoms with E-state index in [-0.39, 0.29) is 23.9 Å². The summed E-state index contributed by atoms with van der Waals surface area (Å²) in [7, 11) is 0. The van der Waals surface area contributed by atoms with E-state index in [0.717, 1.165) is 12.8 Å². The number of anilines is 2. The summed E-state index contributed by atoms with van der Waals surface area (Å²) in [5, 5.41) is 15.8. The third-order valence-corrected chi connectivity index (χ3v) is 3.27.